The van der Waals surface area contributed by atoms with Gasteiger partial charge in [0.2, 0.25) is 0 Å². The van der Waals surface area contributed by atoms with Crippen LogP contribution in [-0.4, -0.2) is 27.8 Å². The summed E-state index contributed by atoms with van der Waals surface area (Å²) in [6.07, 6.45) is 1.88. The fraction of sp³-hybridized carbons (Fsp3) is 0.333. The van der Waals surface area contributed by atoms with Crippen LogP contribution >= 0.6 is 0 Å². The summed E-state index contributed by atoms with van der Waals surface area (Å²) in [4.78, 5) is 0. The Balaban J connectivity index is 2.06. The summed E-state index contributed by atoms with van der Waals surface area (Å²) in [6.45, 7) is 0.428. The number of methoxy groups -OCH3 is 2. The molecule has 0 bridgehead atoms. The lowest BCUT2D eigenvalue weighted by Gasteiger charge is -2.11. The van der Waals surface area contributed by atoms with E-state index in [2.05, 4.69) is 24.3 Å². The highest BCUT2D eigenvalue weighted by Crippen LogP contribution is 2.24. The minimum Gasteiger partial charge on any atom is -0.467 e. The molecule has 0 heterocycles. The van der Waals surface area contributed by atoms with Gasteiger partial charge in [0, 0.05) is 20.3 Å². The second-order valence-electron chi connectivity index (χ2n) is 4.90. The summed E-state index contributed by atoms with van der Waals surface area (Å²) in [5.41, 5.74) is 2.47. The number of ether oxygens (including phenoxy) is 4. The Morgan fingerprint density at radius 3 is 1.77 bits per heavy atom. The first-order valence-corrected chi connectivity index (χ1v) is 7.23. The van der Waals surface area contributed by atoms with Crippen molar-refractivity contribution in [1.29, 1.82) is 0 Å². The Hall–Kier alpha value is -2.04. The molecule has 4 nitrogen and oxygen atoms in total. The standard InChI is InChI=1S/C18H22O4/c1-19-13-21-17-10-16(11-18(12-17)22-14-20-2)9-8-15-6-4-3-5-7-15/h3-7,10-12H,8-9,13-14H2,1-2H3. The normalized spacial score (nSPS) is 10.5. The molecule has 4 heteroatoms. The van der Waals surface area contributed by atoms with E-state index in [0.29, 0.717) is 0 Å². The van der Waals surface area contributed by atoms with Gasteiger partial charge in [0.25, 0.3) is 0 Å². The maximum atomic E-state index is 5.53. The molecule has 0 unspecified atom stereocenters. The number of hydrogen-bond acceptors (Lipinski definition) is 4. The Morgan fingerprint density at radius 1 is 0.682 bits per heavy atom. The molecule has 0 atom stereocenters. The fourth-order valence-corrected chi connectivity index (χ4v) is 2.13. The average Bonchev–Trinajstić information content (AvgIpc) is 2.57. The predicted octanol–water partition coefficient (Wildman–Crippen LogP) is 3.44. The van der Waals surface area contributed by atoms with Gasteiger partial charge in [-0.1, -0.05) is 30.3 Å². The molecule has 0 saturated heterocycles. The molecule has 22 heavy (non-hydrogen) atoms. The molecule has 2 aromatic carbocycles. The van der Waals surface area contributed by atoms with Crippen LogP contribution in [0, 0.1) is 0 Å². The Kier molecular flexibility index (Phi) is 6.74. The maximum Gasteiger partial charge on any atom is 0.188 e. The van der Waals surface area contributed by atoms with Crippen LogP contribution in [0.4, 0.5) is 0 Å². The summed E-state index contributed by atoms with van der Waals surface area (Å²) in [7, 11) is 3.20. The van der Waals surface area contributed by atoms with Crippen LogP contribution in [0.3, 0.4) is 0 Å². The number of aryl methyl sites for hydroxylation is 2. The van der Waals surface area contributed by atoms with Crippen molar-refractivity contribution in [3.05, 3.63) is 59.7 Å². The average molecular weight is 302 g/mol. The van der Waals surface area contributed by atoms with Gasteiger partial charge in [0.1, 0.15) is 11.5 Å². The summed E-state index contributed by atoms with van der Waals surface area (Å²) in [6, 6.07) is 16.3. The summed E-state index contributed by atoms with van der Waals surface area (Å²) >= 11 is 0. The third-order valence-corrected chi connectivity index (χ3v) is 3.17. The predicted molar refractivity (Wildman–Crippen MR) is 85.3 cm³/mol. The molecule has 0 aliphatic heterocycles. The summed E-state index contributed by atoms with van der Waals surface area (Å²) in [5, 5.41) is 0. The molecular weight excluding hydrogens is 280 g/mol. The molecule has 0 aliphatic rings. The highest BCUT2D eigenvalue weighted by atomic mass is 16.7. The molecule has 0 amide bonds. The van der Waals surface area contributed by atoms with E-state index in [-0.39, 0.29) is 13.6 Å². The number of rotatable bonds is 9. The first kappa shape index (κ1) is 16.3. The van der Waals surface area contributed by atoms with E-state index in [1.807, 2.05) is 24.3 Å². The lowest BCUT2D eigenvalue weighted by molar-refractivity contribution is 0.0459. The number of hydrogen-bond donors (Lipinski definition) is 0. The van der Waals surface area contributed by atoms with E-state index in [1.165, 1.54) is 5.56 Å². The molecule has 0 N–H and O–H groups in total. The van der Waals surface area contributed by atoms with Gasteiger partial charge in [-0.25, -0.2) is 0 Å². The molecule has 0 aliphatic carbocycles. The zero-order valence-electron chi connectivity index (χ0n) is 13.1. The van der Waals surface area contributed by atoms with Gasteiger partial charge in [-0.2, -0.15) is 0 Å². The zero-order valence-corrected chi connectivity index (χ0v) is 13.1. The molecule has 0 spiro atoms. The molecule has 2 rings (SSSR count). The van der Waals surface area contributed by atoms with Crippen molar-refractivity contribution in [2.24, 2.45) is 0 Å². The lowest BCUT2D eigenvalue weighted by Crippen LogP contribution is -2.03. The van der Waals surface area contributed by atoms with Gasteiger partial charge in [0.15, 0.2) is 13.6 Å². The summed E-state index contributed by atoms with van der Waals surface area (Å²) < 4.78 is 20.9. The Morgan fingerprint density at radius 2 is 1.23 bits per heavy atom. The van der Waals surface area contributed by atoms with Crippen molar-refractivity contribution in [2.45, 2.75) is 12.8 Å². The topological polar surface area (TPSA) is 36.9 Å². The van der Waals surface area contributed by atoms with Crippen LogP contribution in [0.15, 0.2) is 48.5 Å². The Bertz CT molecular complexity index is 528. The van der Waals surface area contributed by atoms with Gasteiger partial charge >= 0.3 is 0 Å². The molecule has 0 radical (unpaired) electrons. The lowest BCUT2D eigenvalue weighted by atomic mass is 10.0. The molecule has 2 aromatic rings. The first-order chi connectivity index (χ1) is 10.8. The van der Waals surface area contributed by atoms with E-state index in [0.717, 1.165) is 29.9 Å². The van der Waals surface area contributed by atoms with Crippen molar-refractivity contribution >= 4 is 0 Å². The van der Waals surface area contributed by atoms with Crippen molar-refractivity contribution in [3.8, 4) is 11.5 Å². The van der Waals surface area contributed by atoms with Crippen LogP contribution in [0.25, 0.3) is 0 Å². The fourth-order valence-electron chi connectivity index (χ4n) is 2.13. The highest BCUT2D eigenvalue weighted by molar-refractivity contribution is 5.39. The van der Waals surface area contributed by atoms with Crippen LogP contribution < -0.4 is 9.47 Å². The molecule has 0 aromatic heterocycles. The molecule has 0 fully saturated rings. The van der Waals surface area contributed by atoms with Crippen LogP contribution in [0.5, 0.6) is 11.5 Å². The SMILES string of the molecule is COCOc1cc(CCc2ccccc2)cc(OCOC)c1. The van der Waals surface area contributed by atoms with Crippen molar-refractivity contribution in [2.75, 3.05) is 27.8 Å². The quantitative estimate of drug-likeness (QED) is 0.665. The third kappa shape index (κ3) is 5.39. The molecular formula is C18H22O4. The van der Waals surface area contributed by atoms with Gasteiger partial charge in [-0.3, -0.25) is 0 Å². The van der Waals surface area contributed by atoms with Gasteiger partial charge in [-0.05, 0) is 36.1 Å². The summed E-state index contributed by atoms with van der Waals surface area (Å²) in [5.74, 6) is 1.47. The van der Waals surface area contributed by atoms with Gasteiger partial charge in [-0.15, -0.1) is 0 Å². The second-order valence-corrected chi connectivity index (χ2v) is 4.90. The smallest absolute Gasteiger partial charge is 0.188 e. The van der Waals surface area contributed by atoms with Crippen molar-refractivity contribution in [1.82, 2.24) is 0 Å². The largest absolute Gasteiger partial charge is 0.467 e. The van der Waals surface area contributed by atoms with Gasteiger partial charge < -0.3 is 18.9 Å². The van der Waals surface area contributed by atoms with Crippen molar-refractivity contribution in [3.63, 3.8) is 0 Å². The maximum absolute atomic E-state index is 5.53. The molecule has 118 valence electrons. The van der Waals surface area contributed by atoms with E-state index >= 15 is 0 Å². The van der Waals surface area contributed by atoms with Crippen LogP contribution in [0.2, 0.25) is 0 Å². The highest BCUT2D eigenvalue weighted by Gasteiger charge is 2.04. The van der Waals surface area contributed by atoms with Crippen molar-refractivity contribution < 1.29 is 18.9 Å². The second kappa shape index (κ2) is 9.07. The third-order valence-electron chi connectivity index (χ3n) is 3.17. The first-order valence-electron chi connectivity index (χ1n) is 7.23. The zero-order chi connectivity index (χ0) is 15.6. The van der Waals surface area contributed by atoms with E-state index in [1.54, 1.807) is 14.2 Å². The van der Waals surface area contributed by atoms with E-state index in [4.69, 9.17) is 18.9 Å². The van der Waals surface area contributed by atoms with E-state index < -0.39 is 0 Å². The monoisotopic (exact) mass is 302 g/mol. The molecule has 0 saturated carbocycles. The van der Waals surface area contributed by atoms with E-state index in [9.17, 15) is 0 Å². The minimum absolute atomic E-state index is 0.214. The van der Waals surface area contributed by atoms with Crippen LogP contribution in [-0.2, 0) is 22.3 Å². The number of benzene rings is 2. The van der Waals surface area contributed by atoms with Gasteiger partial charge in [0.05, 0.1) is 0 Å². The Labute approximate surface area is 131 Å². The van der Waals surface area contributed by atoms with Crippen LogP contribution in [0.1, 0.15) is 11.1 Å². The minimum atomic E-state index is 0.214.